The molecule has 0 aliphatic rings. The summed E-state index contributed by atoms with van der Waals surface area (Å²) < 4.78 is 0. The maximum absolute atomic E-state index is 9.00. The van der Waals surface area contributed by atoms with Crippen LogP contribution in [0, 0.1) is 11.3 Å². The van der Waals surface area contributed by atoms with Crippen molar-refractivity contribution in [1.29, 1.82) is 5.26 Å². The zero-order valence-corrected chi connectivity index (χ0v) is 10.8. The number of hydrogen-bond acceptors (Lipinski definition) is 5. The van der Waals surface area contributed by atoms with Crippen LogP contribution < -0.4 is 5.32 Å². The zero-order chi connectivity index (χ0) is 13.9. The second kappa shape index (κ2) is 4.97. The Morgan fingerprint density at radius 3 is 2.85 bits per heavy atom. The second-order valence-electron chi connectivity index (χ2n) is 4.37. The number of anilines is 1. The minimum Gasteiger partial charge on any atom is -0.358 e. The van der Waals surface area contributed by atoms with Crippen LogP contribution in [0.15, 0.2) is 36.7 Å². The summed E-state index contributed by atoms with van der Waals surface area (Å²) in [5, 5.41) is 12.1. The number of nitrogens with zero attached hydrogens (tertiary/aromatic N) is 4. The van der Waals surface area contributed by atoms with E-state index in [0.29, 0.717) is 5.82 Å². The van der Waals surface area contributed by atoms with Crippen LogP contribution in [-0.2, 0) is 0 Å². The van der Waals surface area contributed by atoms with E-state index in [0.717, 1.165) is 16.9 Å². The van der Waals surface area contributed by atoms with Crippen molar-refractivity contribution in [2.75, 3.05) is 5.32 Å². The Kier molecular flexibility index (Phi) is 3.01. The van der Waals surface area contributed by atoms with E-state index in [1.807, 2.05) is 37.3 Å². The fourth-order valence-electron chi connectivity index (χ4n) is 1.98. The Morgan fingerprint density at radius 2 is 2.05 bits per heavy atom. The van der Waals surface area contributed by atoms with Crippen LogP contribution in [0.1, 0.15) is 24.5 Å². The quantitative estimate of drug-likeness (QED) is 0.758. The van der Waals surface area contributed by atoms with Gasteiger partial charge in [0.15, 0.2) is 11.5 Å². The van der Waals surface area contributed by atoms with Gasteiger partial charge >= 0.3 is 0 Å². The molecule has 6 heteroatoms. The minimum absolute atomic E-state index is 0.105. The van der Waals surface area contributed by atoms with Crippen molar-refractivity contribution >= 4 is 16.9 Å². The lowest BCUT2D eigenvalue weighted by molar-refractivity contribution is 0.806. The first-order valence-corrected chi connectivity index (χ1v) is 6.20. The third kappa shape index (κ3) is 2.17. The third-order valence-corrected chi connectivity index (χ3v) is 2.98. The first-order chi connectivity index (χ1) is 9.78. The molecule has 2 aromatic heterocycles. The van der Waals surface area contributed by atoms with Crippen LogP contribution in [-0.4, -0.2) is 19.9 Å². The predicted molar refractivity (Wildman–Crippen MR) is 74.9 cm³/mol. The van der Waals surface area contributed by atoms with Gasteiger partial charge in [-0.2, -0.15) is 5.26 Å². The number of nitriles is 1. The molecule has 1 aromatic carbocycles. The number of nitrogens with one attached hydrogen (secondary N) is 2. The molecule has 0 fully saturated rings. The minimum atomic E-state index is -0.105. The number of benzene rings is 1. The summed E-state index contributed by atoms with van der Waals surface area (Å²) in [5.74, 6) is 1.25. The lowest BCUT2D eigenvalue weighted by atomic mass is 10.3. The number of fused-ring (bicyclic) bond motifs is 1. The molecule has 0 bridgehead atoms. The standard InChI is InChI=1S/C14H12N6/c1-9(18-14-12(8-15)16-6-7-17-14)13-19-10-4-2-3-5-11(10)20-13/h2-7,9H,1H3,(H,17,18)(H,19,20). The lowest BCUT2D eigenvalue weighted by Gasteiger charge is -2.12. The molecule has 3 rings (SSSR count). The van der Waals surface area contributed by atoms with E-state index in [2.05, 4.69) is 25.3 Å². The predicted octanol–water partition coefficient (Wildman–Crippen LogP) is 2.40. The van der Waals surface area contributed by atoms with E-state index in [1.54, 1.807) is 6.20 Å². The van der Waals surface area contributed by atoms with Gasteiger partial charge in [-0.1, -0.05) is 12.1 Å². The number of aromatic amines is 1. The average Bonchev–Trinajstić information content (AvgIpc) is 2.92. The molecule has 20 heavy (non-hydrogen) atoms. The Bertz CT molecular complexity index is 752. The van der Waals surface area contributed by atoms with Gasteiger partial charge in [0.25, 0.3) is 0 Å². The molecule has 0 saturated carbocycles. The number of H-pyrrole nitrogens is 1. The Hall–Kier alpha value is -2.94. The third-order valence-electron chi connectivity index (χ3n) is 2.98. The summed E-state index contributed by atoms with van der Waals surface area (Å²) in [6.07, 6.45) is 3.05. The fourth-order valence-corrected chi connectivity index (χ4v) is 1.98. The summed E-state index contributed by atoms with van der Waals surface area (Å²) in [4.78, 5) is 15.9. The molecular formula is C14H12N6. The van der Waals surface area contributed by atoms with Gasteiger partial charge in [-0.25, -0.2) is 15.0 Å². The molecule has 0 radical (unpaired) electrons. The average molecular weight is 264 g/mol. The monoisotopic (exact) mass is 264 g/mol. The van der Waals surface area contributed by atoms with Crippen LogP contribution in [0.4, 0.5) is 5.82 Å². The fraction of sp³-hybridized carbons (Fsp3) is 0.143. The first-order valence-electron chi connectivity index (χ1n) is 6.20. The number of aromatic nitrogens is 4. The normalized spacial score (nSPS) is 12.0. The smallest absolute Gasteiger partial charge is 0.182 e. The topological polar surface area (TPSA) is 90.3 Å². The summed E-state index contributed by atoms with van der Waals surface area (Å²) in [5.41, 5.74) is 2.17. The SMILES string of the molecule is CC(Nc1nccnc1C#N)c1nc2ccccc2[nH]1. The van der Waals surface area contributed by atoms with Crippen LogP contribution in [0.2, 0.25) is 0 Å². The molecule has 2 heterocycles. The van der Waals surface area contributed by atoms with Crippen LogP contribution in [0.5, 0.6) is 0 Å². The first kappa shape index (κ1) is 12.1. The van der Waals surface area contributed by atoms with Crippen LogP contribution in [0.3, 0.4) is 0 Å². The second-order valence-corrected chi connectivity index (χ2v) is 4.37. The molecule has 0 saturated heterocycles. The highest BCUT2D eigenvalue weighted by molar-refractivity contribution is 5.74. The van der Waals surface area contributed by atoms with Crippen molar-refractivity contribution in [2.24, 2.45) is 0 Å². The van der Waals surface area contributed by atoms with E-state index in [9.17, 15) is 0 Å². The summed E-state index contributed by atoms with van der Waals surface area (Å²) >= 11 is 0. The molecule has 1 unspecified atom stereocenters. The number of para-hydroxylation sites is 2. The van der Waals surface area contributed by atoms with Crippen LogP contribution >= 0.6 is 0 Å². The van der Waals surface area contributed by atoms with Gasteiger partial charge < -0.3 is 10.3 Å². The van der Waals surface area contributed by atoms with E-state index < -0.39 is 0 Å². The van der Waals surface area contributed by atoms with Gasteiger partial charge in [-0.3, -0.25) is 0 Å². The number of hydrogen-bond donors (Lipinski definition) is 2. The molecule has 3 aromatic rings. The Morgan fingerprint density at radius 1 is 1.25 bits per heavy atom. The number of imidazole rings is 1. The largest absolute Gasteiger partial charge is 0.358 e. The van der Waals surface area contributed by atoms with Crippen LogP contribution in [0.25, 0.3) is 11.0 Å². The van der Waals surface area contributed by atoms with E-state index in [4.69, 9.17) is 5.26 Å². The summed E-state index contributed by atoms with van der Waals surface area (Å²) in [6, 6.07) is 9.73. The summed E-state index contributed by atoms with van der Waals surface area (Å²) in [6.45, 7) is 1.95. The Balaban J connectivity index is 1.89. The highest BCUT2D eigenvalue weighted by atomic mass is 15.1. The maximum Gasteiger partial charge on any atom is 0.182 e. The van der Waals surface area contributed by atoms with Gasteiger partial charge in [0.05, 0.1) is 17.1 Å². The Labute approximate surface area is 115 Å². The van der Waals surface area contributed by atoms with E-state index in [-0.39, 0.29) is 11.7 Å². The highest BCUT2D eigenvalue weighted by Gasteiger charge is 2.13. The van der Waals surface area contributed by atoms with Crippen molar-refractivity contribution in [3.8, 4) is 6.07 Å². The maximum atomic E-state index is 9.00. The molecule has 1 atom stereocenters. The highest BCUT2D eigenvalue weighted by Crippen LogP contribution is 2.19. The molecule has 6 nitrogen and oxygen atoms in total. The van der Waals surface area contributed by atoms with Gasteiger partial charge in [-0.05, 0) is 19.1 Å². The van der Waals surface area contributed by atoms with Crippen molar-refractivity contribution in [3.63, 3.8) is 0 Å². The molecule has 98 valence electrons. The zero-order valence-electron chi connectivity index (χ0n) is 10.8. The molecule has 0 spiro atoms. The van der Waals surface area contributed by atoms with Crippen molar-refractivity contribution in [1.82, 2.24) is 19.9 Å². The van der Waals surface area contributed by atoms with Gasteiger partial charge in [0.1, 0.15) is 11.9 Å². The van der Waals surface area contributed by atoms with Gasteiger partial charge in [-0.15, -0.1) is 0 Å². The summed E-state index contributed by atoms with van der Waals surface area (Å²) in [7, 11) is 0. The van der Waals surface area contributed by atoms with Crippen molar-refractivity contribution in [3.05, 3.63) is 48.2 Å². The molecule has 0 aliphatic carbocycles. The van der Waals surface area contributed by atoms with Gasteiger partial charge in [0, 0.05) is 12.4 Å². The van der Waals surface area contributed by atoms with Crippen molar-refractivity contribution in [2.45, 2.75) is 13.0 Å². The van der Waals surface area contributed by atoms with Gasteiger partial charge in [0.2, 0.25) is 0 Å². The molecule has 0 amide bonds. The molecule has 2 N–H and O–H groups in total. The molecule has 0 aliphatic heterocycles. The molecular weight excluding hydrogens is 252 g/mol. The van der Waals surface area contributed by atoms with E-state index in [1.165, 1.54) is 6.20 Å². The van der Waals surface area contributed by atoms with Crippen molar-refractivity contribution < 1.29 is 0 Å². The van der Waals surface area contributed by atoms with E-state index >= 15 is 0 Å². The lowest BCUT2D eigenvalue weighted by Crippen LogP contribution is -2.11. The number of rotatable bonds is 3.